The summed E-state index contributed by atoms with van der Waals surface area (Å²) in [6.45, 7) is 4.31. The van der Waals surface area contributed by atoms with Gasteiger partial charge in [0.1, 0.15) is 0 Å². The van der Waals surface area contributed by atoms with Crippen molar-refractivity contribution >= 4 is 0 Å². The first-order valence-electron chi connectivity index (χ1n) is 7.28. The van der Waals surface area contributed by atoms with E-state index in [1.807, 2.05) is 7.11 Å². The minimum atomic E-state index is 0.741. The van der Waals surface area contributed by atoms with Crippen molar-refractivity contribution in [3.63, 3.8) is 0 Å². The Morgan fingerprint density at radius 1 is 1.18 bits per heavy atom. The number of methoxy groups -OCH3 is 1. The molecule has 1 aliphatic carbocycles. The molecular formula is C14H28N2O. The van der Waals surface area contributed by atoms with Gasteiger partial charge in [0.05, 0.1) is 6.61 Å². The van der Waals surface area contributed by atoms with Gasteiger partial charge < -0.3 is 10.5 Å². The summed E-state index contributed by atoms with van der Waals surface area (Å²) >= 11 is 0. The van der Waals surface area contributed by atoms with Crippen LogP contribution in [0.1, 0.15) is 38.5 Å². The van der Waals surface area contributed by atoms with Gasteiger partial charge in [-0.15, -0.1) is 0 Å². The number of rotatable bonds is 4. The van der Waals surface area contributed by atoms with Gasteiger partial charge >= 0.3 is 0 Å². The van der Waals surface area contributed by atoms with Gasteiger partial charge in [0.25, 0.3) is 0 Å². The minimum Gasteiger partial charge on any atom is -0.384 e. The highest BCUT2D eigenvalue weighted by atomic mass is 16.5. The van der Waals surface area contributed by atoms with Crippen molar-refractivity contribution < 1.29 is 4.74 Å². The SMILES string of the molecule is COCC1CCCN(C2CCCCC2CN)C1. The summed E-state index contributed by atoms with van der Waals surface area (Å²) in [5.41, 5.74) is 5.94. The van der Waals surface area contributed by atoms with E-state index in [1.54, 1.807) is 0 Å². The molecule has 2 rings (SSSR count). The standard InChI is InChI=1S/C14H28N2O/c1-17-11-12-5-4-8-16(10-12)14-7-3-2-6-13(14)9-15/h12-14H,2-11,15H2,1H3. The zero-order valence-corrected chi connectivity index (χ0v) is 11.2. The molecular weight excluding hydrogens is 212 g/mol. The van der Waals surface area contributed by atoms with Gasteiger partial charge in [0.15, 0.2) is 0 Å². The van der Waals surface area contributed by atoms with E-state index in [1.165, 1.54) is 51.6 Å². The van der Waals surface area contributed by atoms with Crippen LogP contribution in [-0.2, 0) is 4.74 Å². The second-order valence-electron chi connectivity index (χ2n) is 5.81. The molecule has 1 heterocycles. The summed E-state index contributed by atoms with van der Waals surface area (Å²) in [5, 5.41) is 0. The first kappa shape index (κ1) is 13.3. The topological polar surface area (TPSA) is 38.5 Å². The lowest BCUT2D eigenvalue weighted by molar-refractivity contribution is 0.0366. The maximum atomic E-state index is 5.94. The fraction of sp³-hybridized carbons (Fsp3) is 1.00. The Hall–Kier alpha value is -0.120. The van der Waals surface area contributed by atoms with Gasteiger partial charge in [-0.1, -0.05) is 12.8 Å². The third-order valence-corrected chi connectivity index (χ3v) is 4.59. The fourth-order valence-corrected chi connectivity index (χ4v) is 3.71. The molecule has 2 N–H and O–H groups in total. The van der Waals surface area contributed by atoms with E-state index in [4.69, 9.17) is 10.5 Å². The van der Waals surface area contributed by atoms with Gasteiger partial charge in [-0.3, -0.25) is 4.90 Å². The molecule has 2 fully saturated rings. The maximum absolute atomic E-state index is 5.94. The fourth-order valence-electron chi connectivity index (χ4n) is 3.71. The van der Waals surface area contributed by atoms with E-state index >= 15 is 0 Å². The van der Waals surface area contributed by atoms with Crippen molar-refractivity contribution in [3.05, 3.63) is 0 Å². The largest absolute Gasteiger partial charge is 0.384 e. The molecule has 0 aromatic rings. The van der Waals surface area contributed by atoms with Crippen LogP contribution in [0.3, 0.4) is 0 Å². The van der Waals surface area contributed by atoms with Crippen molar-refractivity contribution in [1.29, 1.82) is 0 Å². The second-order valence-corrected chi connectivity index (χ2v) is 5.81. The summed E-state index contributed by atoms with van der Waals surface area (Å²) in [6, 6.07) is 0.758. The molecule has 1 aliphatic heterocycles. The van der Waals surface area contributed by atoms with Gasteiger partial charge in [-0.05, 0) is 50.6 Å². The highest BCUT2D eigenvalue weighted by Gasteiger charge is 2.32. The number of hydrogen-bond donors (Lipinski definition) is 1. The van der Waals surface area contributed by atoms with Crippen LogP contribution >= 0.6 is 0 Å². The number of nitrogens with zero attached hydrogens (tertiary/aromatic N) is 1. The third-order valence-electron chi connectivity index (χ3n) is 4.59. The Morgan fingerprint density at radius 3 is 2.76 bits per heavy atom. The Kier molecular flexibility index (Phi) is 5.26. The van der Waals surface area contributed by atoms with E-state index in [-0.39, 0.29) is 0 Å². The molecule has 3 heteroatoms. The van der Waals surface area contributed by atoms with Crippen LogP contribution in [-0.4, -0.2) is 44.3 Å². The number of ether oxygens (including phenoxy) is 1. The monoisotopic (exact) mass is 240 g/mol. The van der Waals surface area contributed by atoms with E-state index in [2.05, 4.69) is 4.90 Å². The molecule has 1 saturated heterocycles. The van der Waals surface area contributed by atoms with E-state index in [0.717, 1.165) is 31.0 Å². The van der Waals surface area contributed by atoms with Crippen molar-refractivity contribution in [1.82, 2.24) is 4.90 Å². The first-order chi connectivity index (χ1) is 8.35. The summed E-state index contributed by atoms with van der Waals surface area (Å²) in [4.78, 5) is 2.71. The smallest absolute Gasteiger partial charge is 0.0502 e. The number of hydrogen-bond acceptors (Lipinski definition) is 3. The number of piperidine rings is 1. The zero-order chi connectivity index (χ0) is 12.1. The predicted octanol–water partition coefficient (Wildman–Crippen LogP) is 1.86. The van der Waals surface area contributed by atoms with Gasteiger partial charge in [0.2, 0.25) is 0 Å². The molecule has 3 atom stereocenters. The summed E-state index contributed by atoms with van der Waals surface area (Å²) < 4.78 is 5.32. The normalized spacial score (nSPS) is 36.0. The van der Waals surface area contributed by atoms with Crippen LogP contribution in [0, 0.1) is 11.8 Å². The van der Waals surface area contributed by atoms with Crippen LogP contribution in [0.4, 0.5) is 0 Å². The van der Waals surface area contributed by atoms with Gasteiger partial charge in [-0.25, -0.2) is 0 Å². The maximum Gasteiger partial charge on any atom is 0.0502 e. The molecule has 0 spiro atoms. The van der Waals surface area contributed by atoms with Crippen LogP contribution < -0.4 is 5.73 Å². The van der Waals surface area contributed by atoms with Crippen molar-refractivity contribution in [2.75, 3.05) is 33.4 Å². The Morgan fingerprint density at radius 2 is 2.00 bits per heavy atom. The highest BCUT2D eigenvalue weighted by Crippen LogP contribution is 2.30. The van der Waals surface area contributed by atoms with Crippen LogP contribution in [0.25, 0.3) is 0 Å². The predicted molar refractivity (Wildman–Crippen MR) is 71.0 cm³/mol. The third kappa shape index (κ3) is 3.43. The molecule has 3 unspecified atom stereocenters. The van der Waals surface area contributed by atoms with E-state index < -0.39 is 0 Å². The van der Waals surface area contributed by atoms with E-state index in [9.17, 15) is 0 Å². The number of nitrogens with two attached hydrogens (primary N) is 1. The molecule has 3 nitrogen and oxygen atoms in total. The molecule has 0 radical (unpaired) electrons. The summed E-state index contributed by atoms with van der Waals surface area (Å²) in [6.07, 6.45) is 8.15. The van der Waals surface area contributed by atoms with Crippen LogP contribution in [0.15, 0.2) is 0 Å². The summed E-state index contributed by atoms with van der Waals surface area (Å²) in [5.74, 6) is 1.49. The summed E-state index contributed by atoms with van der Waals surface area (Å²) in [7, 11) is 1.82. The van der Waals surface area contributed by atoms with Crippen molar-refractivity contribution in [2.24, 2.45) is 17.6 Å². The molecule has 2 aliphatic rings. The molecule has 1 saturated carbocycles. The molecule has 0 bridgehead atoms. The zero-order valence-electron chi connectivity index (χ0n) is 11.2. The molecule has 17 heavy (non-hydrogen) atoms. The van der Waals surface area contributed by atoms with Crippen molar-refractivity contribution in [2.45, 2.75) is 44.6 Å². The van der Waals surface area contributed by atoms with E-state index in [0.29, 0.717) is 0 Å². The van der Waals surface area contributed by atoms with Crippen LogP contribution in [0.2, 0.25) is 0 Å². The Bertz CT molecular complexity index is 220. The second kappa shape index (κ2) is 6.72. The number of likely N-dealkylation sites (tertiary alicyclic amines) is 1. The average Bonchev–Trinajstić information content (AvgIpc) is 2.39. The lowest BCUT2D eigenvalue weighted by Crippen LogP contribution is -2.49. The minimum absolute atomic E-state index is 0.741. The molecule has 0 amide bonds. The Balaban J connectivity index is 1.90. The molecule has 0 aromatic carbocycles. The highest BCUT2D eigenvalue weighted by molar-refractivity contribution is 4.87. The van der Waals surface area contributed by atoms with Gasteiger partial charge in [0, 0.05) is 19.7 Å². The quantitative estimate of drug-likeness (QED) is 0.815. The Labute approximate surface area is 106 Å². The van der Waals surface area contributed by atoms with Crippen molar-refractivity contribution in [3.8, 4) is 0 Å². The average molecular weight is 240 g/mol. The lowest BCUT2D eigenvalue weighted by Gasteiger charge is -2.43. The molecule has 0 aromatic heterocycles. The lowest BCUT2D eigenvalue weighted by atomic mass is 9.82. The molecule has 100 valence electrons. The van der Waals surface area contributed by atoms with Crippen LogP contribution in [0.5, 0.6) is 0 Å². The van der Waals surface area contributed by atoms with Gasteiger partial charge in [-0.2, -0.15) is 0 Å². The first-order valence-corrected chi connectivity index (χ1v) is 7.28.